The third-order valence-corrected chi connectivity index (χ3v) is 17.0. The standard InChI is InChI=1S/C33H33.C15H8F6.C5H5.2ClH.Hf/c1-32(2,3)30-20-26-24(18-28(30)22-13-9-7-10-14-22)17-25-19-29(23-15-11-8-12-16-23)31(21-27(25)26)33(4,5)6;16-14(17,18)12-5-1-10(2-6-12)9-11-3-7-13(8-4-11)15(19,20)21;1-2-4-5-3-1;;;/h7-21H,1-6H3;1-8H;1-5H;2*1H;/q-1;;-1;;;+2/p-2. The number of fused-ring (bicyclic) bond motifs is 3. The fraction of sp³-hybridized carbons (Fsp3) is 0.189. The molecular formula is C53H46Cl2F6Hf-2. The molecule has 9 heteroatoms. The van der Waals surface area contributed by atoms with Gasteiger partial charge < -0.3 is 0 Å². The number of halogens is 8. The van der Waals surface area contributed by atoms with Crippen LogP contribution in [-0.4, -0.2) is 3.26 Å². The molecule has 0 amide bonds. The Morgan fingerprint density at radius 3 is 1.10 bits per heavy atom. The Bertz CT molecular complexity index is 2560. The molecule has 0 aliphatic carbocycles. The van der Waals surface area contributed by atoms with Crippen LogP contribution in [0, 0.1) is 0 Å². The van der Waals surface area contributed by atoms with Gasteiger partial charge in [0.2, 0.25) is 0 Å². The Morgan fingerprint density at radius 1 is 0.468 bits per heavy atom. The summed E-state index contributed by atoms with van der Waals surface area (Å²) < 4.78 is 76.1. The van der Waals surface area contributed by atoms with E-state index in [9.17, 15) is 26.3 Å². The second-order valence-electron chi connectivity index (χ2n) is 17.1. The van der Waals surface area contributed by atoms with E-state index >= 15 is 0 Å². The minimum atomic E-state index is -4.47. The maximum Gasteiger partial charge on any atom is -0.172 e. The second kappa shape index (κ2) is 19.0. The van der Waals surface area contributed by atoms with Crippen molar-refractivity contribution in [1.82, 2.24) is 0 Å². The molecule has 0 bridgehead atoms. The summed E-state index contributed by atoms with van der Waals surface area (Å²) in [5.41, 5.74) is 7.28. The van der Waals surface area contributed by atoms with Gasteiger partial charge >= 0.3 is 148 Å². The van der Waals surface area contributed by atoms with Crippen LogP contribution in [-0.2, 0) is 41.8 Å². The summed E-state index contributed by atoms with van der Waals surface area (Å²) >= 11 is -3.32. The van der Waals surface area contributed by atoms with Gasteiger partial charge in [0.05, 0.1) is 0 Å². The number of hydrogen-bond donors (Lipinski definition) is 0. The molecule has 0 nitrogen and oxygen atoms in total. The molecule has 0 radical (unpaired) electrons. The van der Waals surface area contributed by atoms with Crippen LogP contribution >= 0.6 is 17.2 Å². The molecule has 320 valence electrons. The van der Waals surface area contributed by atoms with Crippen molar-refractivity contribution in [3.8, 4) is 22.3 Å². The van der Waals surface area contributed by atoms with Gasteiger partial charge in [-0.25, -0.2) is 12.1 Å². The summed E-state index contributed by atoms with van der Waals surface area (Å²) in [7, 11) is 12.1. The summed E-state index contributed by atoms with van der Waals surface area (Å²) in [5.74, 6) is 0. The van der Waals surface area contributed by atoms with E-state index in [4.69, 9.17) is 17.2 Å². The Hall–Kier alpha value is -4.56. The monoisotopic (exact) mass is 1050 g/mol. The first-order chi connectivity index (χ1) is 29.1. The van der Waals surface area contributed by atoms with Crippen molar-refractivity contribution in [3.05, 3.63) is 203 Å². The molecule has 8 aromatic rings. The van der Waals surface area contributed by atoms with Crippen LogP contribution in [0.25, 0.3) is 43.8 Å². The fourth-order valence-electron chi connectivity index (χ4n) is 7.42. The van der Waals surface area contributed by atoms with Crippen LogP contribution in [0.2, 0.25) is 0 Å². The first-order valence-electron chi connectivity index (χ1n) is 20.0. The molecule has 0 N–H and O–H groups in total. The first kappa shape index (κ1) is 46.9. The summed E-state index contributed by atoms with van der Waals surface area (Å²) in [6.45, 7) is 13.9. The minimum Gasteiger partial charge on any atom is -0.214 e. The third kappa shape index (κ3) is 11.3. The number of alkyl halides is 6. The SMILES string of the molecule is CC(C)(C)c1cc2c(cc1-c1ccccc1)[cH-]c1cc(-c3ccccc3)c(C(C)(C)C)cc12.FC(F)(F)c1ccc([C](c2ccc(C(F)(F)F)cc2)=[Hf]([Cl])[Cl])cc1.c1cc[cH-]c1. The minimum absolute atomic E-state index is 0.0554. The molecule has 0 spiro atoms. The van der Waals surface area contributed by atoms with Crippen LogP contribution in [0.15, 0.2) is 170 Å². The molecule has 0 heterocycles. The van der Waals surface area contributed by atoms with Crippen molar-refractivity contribution in [2.24, 2.45) is 0 Å². The van der Waals surface area contributed by atoms with Crippen LogP contribution in [0.5, 0.6) is 0 Å². The molecule has 0 fully saturated rings. The number of rotatable bonds is 4. The molecule has 0 aromatic heterocycles. The smallest absolute Gasteiger partial charge is 0.172 e. The van der Waals surface area contributed by atoms with Crippen molar-refractivity contribution in [1.29, 1.82) is 0 Å². The normalized spacial score (nSPS) is 12.0. The first-order valence-corrected chi connectivity index (χ1v) is 30.7. The zero-order chi connectivity index (χ0) is 45.0. The average molecular weight is 1050 g/mol. The summed E-state index contributed by atoms with van der Waals surface area (Å²) in [5, 5.41) is 5.36. The van der Waals surface area contributed by atoms with Crippen molar-refractivity contribution in [3.63, 3.8) is 0 Å². The van der Waals surface area contributed by atoms with Crippen molar-refractivity contribution < 1.29 is 44.9 Å². The Labute approximate surface area is 374 Å². The molecule has 62 heavy (non-hydrogen) atoms. The molecule has 8 rings (SSSR count). The van der Waals surface area contributed by atoms with E-state index in [-0.39, 0.29) is 10.8 Å². The number of benzene rings is 6. The van der Waals surface area contributed by atoms with E-state index < -0.39 is 42.1 Å². The largest absolute Gasteiger partial charge is 0.214 e. The molecule has 0 aliphatic heterocycles. The molecule has 0 saturated heterocycles. The topological polar surface area (TPSA) is 0 Å². The molecule has 8 aromatic carbocycles. The van der Waals surface area contributed by atoms with Gasteiger partial charge in [0.15, 0.2) is 0 Å². The zero-order valence-corrected chi connectivity index (χ0v) is 40.3. The van der Waals surface area contributed by atoms with Crippen LogP contribution in [0.1, 0.15) is 74.9 Å². The van der Waals surface area contributed by atoms with E-state index in [1.54, 1.807) is 0 Å². The van der Waals surface area contributed by atoms with Crippen molar-refractivity contribution >= 4 is 42.0 Å². The quantitative estimate of drug-likeness (QED) is 0.0936. The molecule has 0 aliphatic rings. The fourth-order valence-corrected chi connectivity index (χ4v) is 13.8. The molecule has 0 unspecified atom stereocenters. The van der Waals surface area contributed by atoms with Crippen LogP contribution in [0.3, 0.4) is 0 Å². The molecular weight excluding hydrogens is 1000 g/mol. The van der Waals surface area contributed by atoms with Crippen LogP contribution < -0.4 is 0 Å². The Morgan fingerprint density at radius 2 is 0.823 bits per heavy atom. The summed E-state index contributed by atoms with van der Waals surface area (Å²) in [4.78, 5) is 0. The molecule has 0 atom stereocenters. The second-order valence-corrected chi connectivity index (χ2v) is 28.5. The molecule has 0 saturated carbocycles. The zero-order valence-electron chi connectivity index (χ0n) is 35.2. The van der Waals surface area contributed by atoms with E-state index in [1.165, 1.54) is 79.2 Å². The van der Waals surface area contributed by atoms with E-state index in [2.05, 4.69) is 133 Å². The third-order valence-electron chi connectivity index (χ3n) is 10.5. The van der Waals surface area contributed by atoms with E-state index in [0.29, 0.717) is 14.4 Å². The van der Waals surface area contributed by atoms with E-state index in [0.717, 1.165) is 24.3 Å². The maximum absolute atomic E-state index is 12.6. The van der Waals surface area contributed by atoms with Gasteiger partial charge in [-0.1, -0.05) is 114 Å². The van der Waals surface area contributed by atoms with Gasteiger partial charge in [-0.15, -0.1) is 39.7 Å². The van der Waals surface area contributed by atoms with Gasteiger partial charge in [-0.3, -0.25) is 0 Å². The predicted molar refractivity (Wildman–Crippen MR) is 245 cm³/mol. The van der Waals surface area contributed by atoms with Crippen molar-refractivity contribution in [2.75, 3.05) is 0 Å². The Balaban J connectivity index is 0.000000193. The average Bonchev–Trinajstić information content (AvgIpc) is 3.92. The summed E-state index contributed by atoms with van der Waals surface area (Å²) in [6.07, 6.45) is -8.95. The number of hydrogen-bond acceptors (Lipinski definition) is 0. The van der Waals surface area contributed by atoms with Gasteiger partial charge in [-0.2, -0.15) is 18.2 Å². The van der Waals surface area contributed by atoms with Gasteiger partial charge in [0.1, 0.15) is 0 Å². The van der Waals surface area contributed by atoms with Gasteiger partial charge in [-0.05, 0) is 44.2 Å². The van der Waals surface area contributed by atoms with Crippen molar-refractivity contribution in [2.45, 2.75) is 64.7 Å². The van der Waals surface area contributed by atoms with Crippen LogP contribution in [0.4, 0.5) is 26.3 Å². The predicted octanol–water partition coefficient (Wildman–Crippen LogP) is 17.3. The van der Waals surface area contributed by atoms with E-state index in [1.807, 2.05) is 30.3 Å². The summed E-state index contributed by atoms with van der Waals surface area (Å²) in [6, 6.07) is 52.2. The Kier molecular flexibility index (Phi) is 14.4. The van der Waals surface area contributed by atoms with Gasteiger partial charge in [0.25, 0.3) is 0 Å². The van der Waals surface area contributed by atoms with Gasteiger partial charge in [0, 0.05) is 0 Å². The maximum atomic E-state index is 12.6.